The molecule has 0 bridgehead atoms. The van der Waals surface area contributed by atoms with E-state index in [9.17, 15) is 4.79 Å². The van der Waals surface area contributed by atoms with Crippen LogP contribution in [0.25, 0.3) is 0 Å². The van der Waals surface area contributed by atoms with Gasteiger partial charge < -0.3 is 10.6 Å². The number of carbonyl (C=O) groups excluding carboxylic acids is 1. The van der Waals surface area contributed by atoms with Crippen molar-refractivity contribution in [2.45, 2.75) is 26.7 Å². The van der Waals surface area contributed by atoms with Crippen LogP contribution in [0.5, 0.6) is 0 Å². The Morgan fingerprint density at radius 1 is 1.50 bits per heavy atom. The molecule has 88 valence electrons. The fourth-order valence-electron chi connectivity index (χ4n) is 2.04. The molecular formula is C11H18N4O. The Kier molecular flexibility index (Phi) is 3.24. The van der Waals surface area contributed by atoms with Crippen LogP contribution in [-0.2, 0) is 4.79 Å². The summed E-state index contributed by atoms with van der Waals surface area (Å²) in [6, 6.07) is 0. The van der Waals surface area contributed by atoms with E-state index in [1.807, 2.05) is 13.8 Å². The minimum absolute atomic E-state index is 0.0856. The van der Waals surface area contributed by atoms with Crippen LogP contribution >= 0.6 is 0 Å². The first-order valence-electron chi connectivity index (χ1n) is 5.71. The lowest BCUT2D eigenvalue weighted by atomic mass is 9.99. The van der Waals surface area contributed by atoms with Gasteiger partial charge >= 0.3 is 0 Å². The third-order valence-electron chi connectivity index (χ3n) is 3.04. The Morgan fingerprint density at radius 3 is 2.88 bits per heavy atom. The highest BCUT2D eigenvalue weighted by atomic mass is 16.1. The van der Waals surface area contributed by atoms with Crippen LogP contribution in [0.2, 0.25) is 0 Å². The summed E-state index contributed by atoms with van der Waals surface area (Å²) < 4.78 is 0. The predicted molar refractivity (Wildman–Crippen MR) is 62.3 cm³/mol. The lowest BCUT2D eigenvalue weighted by Crippen LogP contribution is -2.37. The maximum Gasteiger partial charge on any atom is 0.228 e. The molecule has 1 aromatic heterocycles. The van der Waals surface area contributed by atoms with E-state index in [1.54, 1.807) is 0 Å². The van der Waals surface area contributed by atoms with Crippen molar-refractivity contribution >= 4 is 11.6 Å². The van der Waals surface area contributed by atoms with E-state index in [2.05, 4.69) is 20.8 Å². The summed E-state index contributed by atoms with van der Waals surface area (Å²) in [5.74, 6) is 0.183. The lowest BCUT2D eigenvalue weighted by Gasteiger charge is -2.21. The molecule has 2 heterocycles. The number of piperidine rings is 1. The molecule has 0 radical (unpaired) electrons. The van der Waals surface area contributed by atoms with Gasteiger partial charge in [0, 0.05) is 6.54 Å². The summed E-state index contributed by atoms with van der Waals surface area (Å²) in [6.07, 6.45) is 2.04. The summed E-state index contributed by atoms with van der Waals surface area (Å²) in [5, 5.41) is 13.1. The number of aromatic nitrogens is 2. The number of nitrogens with zero attached hydrogens (tertiary/aromatic N) is 1. The smallest absolute Gasteiger partial charge is 0.228 e. The monoisotopic (exact) mass is 222 g/mol. The van der Waals surface area contributed by atoms with Crippen molar-refractivity contribution in [1.29, 1.82) is 0 Å². The second kappa shape index (κ2) is 4.65. The number of amides is 1. The number of hydrogen-bond donors (Lipinski definition) is 3. The van der Waals surface area contributed by atoms with E-state index < -0.39 is 0 Å². The van der Waals surface area contributed by atoms with Crippen molar-refractivity contribution in [1.82, 2.24) is 15.5 Å². The number of aryl methyl sites for hydroxylation is 2. The molecule has 1 aromatic rings. The zero-order valence-corrected chi connectivity index (χ0v) is 9.76. The van der Waals surface area contributed by atoms with Crippen molar-refractivity contribution in [3.05, 3.63) is 11.4 Å². The number of anilines is 1. The minimum atomic E-state index is 0.0856. The standard InChI is InChI=1S/C11H18N4O/c1-7-10(8(2)15-14-7)13-11(16)9-4-3-5-12-6-9/h9,12H,3-6H2,1-2H3,(H,13,16)(H,14,15). The topological polar surface area (TPSA) is 69.8 Å². The number of carbonyl (C=O) groups is 1. The molecule has 2 rings (SSSR count). The molecule has 5 heteroatoms. The molecule has 1 unspecified atom stereocenters. The molecule has 1 aliphatic heterocycles. The number of rotatable bonds is 2. The summed E-state index contributed by atoms with van der Waals surface area (Å²) in [5.41, 5.74) is 2.58. The van der Waals surface area contributed by atoms with Crippen molar-refractivity contribution in [3.8, 4) is 0 Å². The van der Waals surface area contributed by atoms with Crippen LogP contribution in [0.3, 0.4) is 0 Å². The molecule has 0 aromatic carbocycles. The molecule has 0 saturated carbocycles. The molecule has 3 N–H and O–H groups in total. The molecule has 1 aliphatic rings. The Balaban J connectivity index is 2.01. The Morgan fingerprint density at radius 2 is 2.31 bits per heavy atom. The van der Waals surface area contributed by atoms with Gasteiger partial charge in [0.05, 0.1) is 23.0 Å². The second-order valence-corrected chi connectivity index (χ2v) is 4.34. The minimum Gasteiger partial charge on any atom is -0.323 e. The summed E-state index contributed by atoms with van der Waals surface area (Å²) in [4.78, 5) is 12.0. The van der Waals surface area contributed by atoms with Crippen molar-refractivity contribution in [2.24, 2.45) is 5.92 Å². The van der Waals surface area contributed by atoms with E-state index in [1.165, 1.54) is 0 Å². The Labute approximate surface area is 95.0 Å². The summed E-state index contributed by atoms with van der Waals surface area (Å²) in [7, 11) is 0. The molecule has 1 atom stereocenters. The van der Waals surface area contributed by atoms with Crippen molar-refractivity contribution < 1.29 is 4.79 Å². The second-order valence-electron chi connectivity index (χ2n) is 4.34. The van der Waals surface area contributed by atoms with Gasteiger partial charge in [-0.3, -0.25) is 9.89 Å². The van der Waals surface area contributed by atoms with Crippen LogP contribution in [0.4, 0.5) is 5.69 Å². The normalized spacial score (nSPS) is 20.8. The lowest BCUT2D eigenvalue weighted by molar-refractivity contribution is -0.120. The van der Waals surface area contributed by atoms with Crippen LogP contribution in [0, 0.1) is 19.8 Å². The maximum absolute atomic E-state index is 12.0. The first-order valence-corrected chi connectivity index (χ1v) is 5.71. The third kappa shape index (κ3) is 2.24. The number of nitrogens with one attached hydrogen (secondary N) is 3. The Bertz CT molecular complexity index is 360. The molecule has 0 spiro atoms. The fraction of sp³-hybridized carbons (Fsp3) is 0.636. The van der Waals surface area contributed by atoms with Gasteiger partial charge in [0.25, 0.3) is 0 Å². The Hall–Kier alpha value is -1.36. The van der Waals surface area contributed by atoms with Gasteiger partial charge in [-0.25, -0.2) is 0 Å². The van der Waals surface area contributed by atoms with Gasteiger partial charge in [0.2, 0.25) is 5.91 Å². The van der Waals surface area contributed by atoms with E-state index in [-0.39, 0.29) is 11.8 Å². The van der Waals surface area contributed by atoms with Gasteiger partial charge in [-0.15, -0.1) is 0 Å². The third-order valence-corrected chi connectivity index (χ3v) is 3.04. The fourth-order valence-corrected chi connectivity index (χ4v) is 2.04. The predicted octanol–water partition coefficient (Wildman–Crippen LogP) is 0.965. The van der Waals surface area contributed by atoms with Gasteiger partial charge in [-0.2, -0.15) is 5.10 Å². The van der Waals surface area contributed by atoms with Crippen LogP contribution in [-0.4, -0.2) is 29.2 Å². The molecule has 1 saturated heterocycles. The largest absolute Gasteiger partial charge is 0.323 e. The van der Waals surface area contributed by atoms with E-state index in [0.717, 1.165) is 43.0 Å². The number of H-pyrrole nitrogens is 1. The molecule has 1 amide bonds. The molecule has 16 heavy (non-hydrogen) atoms. The highest BCUT2D eigenvalue weighted by Gasteiger charge is 2.22. The first-order chi connectivity index (χ1) is 7.68. The van der Waals surface area contributed by atoms with Gasteiger partial charge in [0.15, 0.2) is 0 Å². The highest BCUT2D eigenvalue weighted by Crippen LogP contribution is 2.19. The number of hydrogen-bond acceptors (Lipinski definition) is 3. The molecule has 0 aliphatic carbocycles. The average Bonchev–Trinajstić information content (AvgIpc) is 2.62. The van der Waals surface area contributed by atoms with E-state index >= 15 is 0 Å². The van der Waals surface area contributed by atoms with Gasteiger partial charge in [-0.05, 0) is 33.2 Å². The van der Waals surface area contributed by atoms with Crippen molar-refractivity contribution in [3.63, 3.8) is 0 Å². The zero-order valence-electron chi connectivity index (χ0n) is 9.76. The highest BCUT2D eigenvalue weighted by molar-refractivity contribution is 5.93. The molecule has 5 nitrogen and oxygen atoms in total. The average molecular weight is 222 g/mol. The van der Waals surface area contributed by atoms with Crippen LogP contribution < -0.4 is 10.6 Å². The van der Waals surface area contributed by atoms with Crippen LogP contribution in [0.15, 0.2) is 0 Å². The number of aromatic amines is 1. The van der Waals surface area contributed by atoms with Gasteiger partial charge in [-0.1, -0.05) is 0 Å². The van der Waals surface area contributed by atoms with Crippen LogP contribution in [0.1, 0.15) is 24.2 Å². The summed E-state index contributed by atoms with van der Waals surface area (Å²) >= 11 is 0. The van der Waals surface area contributed by atoms with E-state index in [4.69, 9.17) is 0 Å². The SMILES string of the molecule is Cc1n[nH]c(C)c1NC(=O)C1CCCNC1. The van der Waals surface area contributed by atoms with E-state index in [0.29, 0.717) is 0 Å². The maximum atomic E-state index is 12.0. The quantitative estimate of drug-likeness (QED) is 0.698. The molecule has 1 fully saturated rings. The van der Waals surface area contributed by atoms with Gasteiger partial charge in [0.1, 0.15) is 0 Å². The first kappa shape index (κ1) is 11.1. The van der Waals surface area contributed by atoms with Crippen molar-refractivity contribution in [2.75, 3.05) is 18.4 Å². The molecular weight excluding hydrogens is 204 g/mol. The zero-order chi connectivity index (χ0) is 11.5. The summed E-state index contributed by atoms with van der Waals surface area (Å²) in [6.45, 7) is 5.60.